The maximum Gasteiger partial charge on any atom is 0.147 e. The number of Topliss-reactive ketones (excluding diaryl/α,β-unsaturated/α-hetero) is 1. The third-order valence-corrected chi connectivity index (χ3v) is 6.53. The maximum absolute atomic E-state index is 12.8. The highest BCUT2D eigenvalue weighted by atomic mass is 32.1. The van der Waals surface area contributed by atoms with E-state index in [1.165, 1.54) is 0 Å². The van der Waals surface area contributed by atoms with Crippen LogP contribution in [0.15, 0.2) is 24.3 Å². The molecule has 3 aromatic rings. The second kappa shape index (κ2) is 8.01. The summed E-state index contributed by atoms with van der Waals surface area (Å²) >= 11 is 1.57. The van der Waals surface area contributed by atoms with Gasteiger partial charge in [-0.1, -0.05) is 11.3 Å². The zero-order chi connectivity index (χ0) is 19.7. The van der Waals surface area contributed by atoms with Gasteiger partial charge in [0.1, 0.15) is 15.8 Å². The molecule has 1 fully saturated rings. The maximum atomic E-state index is 12.8. The van der Waals surface area contributed by atoms with E-state index in [1.807, 2.05) is 25.1 Å². The van der Waals surface area contributed by atoms with Gasteiger partial charge < -0.3 is 4.90 Å². The molecule has 6 nitrogen and oxygen atoms in total. The first-order valence-electron chi connectivity index (χ1n) is 9.75. The summed E-state index contributed by atoms with van der Waals surface area (Å²) in [7, 11) is 4.24. The van der Waals surface area contributed by atoms with Crippen molar-refractivity contribution in [2.24, 2.45) is 5.92 Å². The first-order valence-corrected chi connectivity index (χ1v) is 10.6. The van der Waals surface area contributed by atoms with Gasteiger partial charge >= 0.3 is 0 Å². The van der Waals surface area contributed by atoms with Gasteiger partial charge in [0.15, 0.2) is 0 Å². The molecule has 0 aliphatic heterocycles. The molecular weight excluding hydrogens is 370 g/mol. The average Bonchev–Trinajstić information content (AvgIpc) is 3.14. The Morgan fingerprint density at radius 1 is 1.07 bits per heavy atom. The molecule has 28 heavy (non-hydrogen) atoms. The number of aromatic nitrogens is 4. The molecule has 0 unspecified atom stereocenters. The van der Waals surface area contributed by atoms with Crippen molar-refractivity contribution in [2.75, 3.05) is 14.1 Å². The Balaban J connectivity index is 1.49. The van der Waals surface area contributed by atoms with E-state index in [0.29, 0.717) is 18.2 Å². The molecule has 1 aliphatic carbocycles. The lowest BCUT2D eigenvalue weighted by Crippen LogP contribution is -2.34. The summed E-state index contributed by atoms with van der Waals surface area (Å²) in [5.41, 5.74) is 2.59. The summed E-state index contributed by atoms with van der Waals surface area (Å²) in [4.78, 5) is 15.0. The lowest BCUT2D eigenvalue weighted by molar-refractivity contribution is -0.123. The van der Waals surface area contributed by atoms with Crippen LogP contribution < -0.4 is 0 Å². The number of carbonyl (C=O) groups is 1. The van der Waals surface area contributed by atoms with Crippen LogP contribution in [0.1, 0.15) is 36.4 Å². The van der Waals surface area contributed by atoms with E-state index >= 15 is 0 Å². The molecule has 0 bridgehead atoms. The topological polar surface area (TPSA) is 71.9 Å². The Hall–Kier alpha value is -2.25. The van der Waals surface area contributed by atoms with E-state index in [9.17, 15) is 4.79 Å². The minimum absolute atomic E-state index is 0.157. The number of hydrogen-bond acceptors (Lipinski definition) is 7. The summed E-state index contributed by atoms with van der Waals surface area (Å²) in [6, 6.07) is 8.59. The predicted octanol–water partition coefficient (Wildman–Crippen LogP) is 3.69. The van der Waals surface area contributed by atoms with E-state index < -0.39 is 0 Å². The molecule has 0 N–H and O–H groups in total. The van der Waals surface area contributed by atoms with E-state index in [-0.39, 0.29) is 5.92 Å². The Morgan fingerprint density at radius 3 is 2.54 bits per heavy atom. The van der Waals surface area contributed by atoms with Crippen LogP contribution in [-0.4, -0.2) is 51.2 Å². The fourth-order valence-electron chi connectivity index (χ4n) is 3.96. The van der Waals surface area contributed by atoms with Gasteiger partial charge in [-0.3, -0.25) is 4.79 Å². The molecule has 1 saturated carbocycles. The molecule has 0 atom stereocenters. The molecule has 2 heterocycles. The van der Waals surface area contributed by atoms with Gasteiger partial charge in [0.05, 0.1) is 17.6 Å². The quantitative estimate of drug-likeness (QED) is 0.656. The molecule has 0 amide bonds. The second-order valence-electron chi connectivity index (χ2n) is 7.85. The predicted molar refractivity (Wildman–Crippen MR) is 111 cm³/mol. The number of hydrogen-bond donors (Lipinski definition) is 0. The molecule has 4 rings (SSSR count). The van der Waals surface area contributed by atoms with Crippen LogP contribution in [0.3, 0.4) is 0 Å². The molecule has 0 spiro atoms. The summed E-state index contributed by atoms with van der Waals surface area (Å²) in [6.45, 7) is 1.95. The molecule has 1 aromatic carbocycles. The van der Waals surface area contributed by atoms with E-state index in [0.717, 1.165) is 57.9 Å². The van der Waals surface area contributed by atoms with E-state index in [2.05, 4.69) is 45.5 Å². The number of aryl methyl sites for hydroxylation is 1. The first-order chi connectivity index (χ1) is 13.5. The van der Waals surface area contributed by atoms with Gasteiger partial charge in [-0.2, -0.15) is 10.2 Å². The third-order valence-electron chi connectivity index (χ3n) is 5.65. The normalized spacial score (nSPS) is 20.0. The van der Waals surface area contributed by atoms with Crippen LogP contribution in [0.4, 0.5) is 0 Å². The van der Waals surface area contributed by atoms with Crippen LogP contribution in [0.2, 0.25) is 0 Å². The van der Waals surface area contributed by atoms with Crippen LogP contribution in [-0.2, 0) is 11.2 Å². The fourth-order valence-corrected chi connectivity index (χ4v) is 4.65. The Morgan fingerprint density at radius 2 is 1.86 bits per heavy atom. The van der Waals surface area contributed by atoms with E-state index in [1.54, 1.807) is 11.3 Å². The van der Waals surface area contributed by atoms with Crippen molar-refractivity contribution in [3.05, 3.63) is 35.0 Å². The standard InChI is InChI=1S/C21H25N5OS/c1-13-22-25-21(28-13)15-6-9-19-16(10-15)11-17(23-24-19)12-20(27)14-4-7-18(8-5-14)26(2)3/h6,9-11,14,18H,4-5,7-8,12H2,1-3H3. The van der Waals surface area contributed by atoms with Gasteiger partial charge in [0, 0.05) is 22.9 Å². The summed E-state index contributed by atoms with van der Waals surface area (Å²) in [5, 5.41) is 19.7. The molecule has 1 aliphatic rings. The third kappa shape index (κ3) is 4.10. The highest BCUT2D eigenvalue weighted by Gasteiger charge is 2.27. The SMILES string of the molecule is Cc1nnc(-c2ccc3nnc(CC(=O)C4CCC(N(C)C)CC4)cc3c2)s1. The number of benzene rings is 1. The van der Waals surface area contributed by atoms with Gasteiger partial charge in [-0.05, 0) is 71.0 Å². The van der Waals surface area contributed by atoms with Crippen molar-refractivity contribution in [2.45, 2.75) is 45.1 Å². The van der Waals surface area contributed by atoms with E-state index in [4.69, 9.17) is 0 Å². The number of rotatable bonds is 5. The van der Waals surface area contributed by atoms with Gasteiger partial charge in [0.25, 0.3) is 0 Å². The lowest BCUT2D eigenvalue weighted by Gasteiger charge is -2.31. The van der Waals surface area contributed by atoms with Gasteiger partial charge in [-0.25, -0.2) is 0 Å². The van der Waals surface area contributed by atoms with Crippen molar-refractivity contribution in [3.63, 3.8) is 0 Å². The van der Waals surface area contributed by atoms with Gasteiger partial charge in [0.2, 0.25) is 0 Å². The number of carbonyl (C=O) groups excluding carboxylic acids is 1. The van der Waals surface area contributed by atoms with Crippen LogP contribution in [0, 0.1) is 12.8 Å². The van der Waals surface area contributed by atoms with Crippen molar-refractivity contribution in [1.82, 2.24) is 25.3 Å². The summed E-state index contributed by atoms with van der Waals surface area (Å²) in [5.74, 6) is 0.450. The minimum atomic E-state index is 0.157. The van der Waals surface area contributed by atoms with Crippen molar-refractivity contribution in [1.29, 1.82) is 0 Å². The highest BCUT2D eigenvalue weighted by molar-refractivity contribution is 7.14. The number of nitrogens with zero attached hydrogens (tertiary/aromatic N) is 5. The Labute approximate surface area is 169 Å². The fraction of sp³-hybridized carbons (Fsp3) is 0.476. The molecular formula is C21H25N5OS. The highest BCUT2D eigenvalue weighted by Crippen LogP contribution is 2.29. The summed E-state index contributed by atoms with van der Waals surface area (Å²) < 4.78 is 0. The average molecular weight is 396 g/mol. The van der Waals surface area contributed by atoms with Crippen LogP contribution >= 0.6 is 11.3 Å². The number of ketones is 1. The van der Waals surface area contributed by atoms with Crippen molar-refractivity contribution < 1.29 is 4.79 Å². The largest absolute Gasteiger partial charge is 0.306 e. The van der Waals surface area contributed by atoms with Gasteiger partial charge in [-0.15, -0.1) is 10.2 Å². The zero-order valence-electron chi connectivity index (χ0n) is 16.6. The number of fused-ring (bicyclic) bond motifs is 1. The molecule has 7 heteroatoms. The smallest absolute Gasteiger partial charge is 0.147 e. The molecule has 0 saturated heterocycles. The Kier molecular flexibility index (Phi) is 5.46. The molecule has 2 aromatic heterocycles. The van der Waals surface area contributed by atoms with Crippen LogP contribution in [0.25, 0.3) is 21.5 Å². The van der Waals surface area contributed by atoms with Crippen molar-refractivity contribution >= 4 is 28.0 Å². The second-order valence-corrected chi connectivity index (χ2v) is 9.03. The molecule has 146 valence electrons. The summed E-state index contributed by atoms with van der Waals surface area (Å²) in [6.07, 6.45) is 4.50. The zero-order valence-corrected chi connectivity index (χ0v) is 17.4. The Bertz CT molecular complexity index is 991. The molecule has 0 radical (unpaired) electrons. The monoisotopic (exact) mass is 395 g/mol. The minimum Gasteiger partial charge on any atom is -0.306 e. The first kappa shape index (κ1) is 19.1. The van der Waals surface area contributed by atoms with Crippen molar-refractivity contribution in [3.8, 4) is 10.6 Å². The van der Waals surface area contributed by atoms with Crippen LogP contribution in [0.5, 0.6) is 0 Å². The lowest BCUT2D eigenvalue weighted by atomic mass is 9.82.